The minimum atomic E-state index is -3.68. The standard InChI is InChI=1S/C8H16O5S2/c1-2-3-5-13-15(11,12)8-4-6-14(9,10)7-8/h8H,2-7H2,1H3. The summed E-state index contributed by atoms with van der Waals surface area (Å²) >= 11 is 0. The lowest BCUT2D eigenvalue weighted by atomic mass is 10.4. The summed E-state index contributed by atoms with van der Waals surface area (Å²) in [6, 6.07) is 0. The third-order valence-electron chi connectivity index (χ3n) is 2.34. The van der Waals surface area contributed by atoms with Gasteiger partial charge in [0.05, 0.1) is 18.1 Å². The van der Waals surface area contributed by atoms with Crippen molar-refractivity contribution in [1.82, 2.24) is 0 Å². The van der Waals surface area contributed by atoms with Gasteiger partial charge in [-0.05, 0) is 12.8 Å². The smallest absolute Gasteiger partial charge is 0.270 e. The monoisotopic (exact) mass is 256 g/mol. The Morgan fingerprint density at radius 3 is 2.53 bits per heavy atom. The fraction of sp³-hybridized carbons (Fsp3) is 1.00. The number of hydrogen-bond acceptors (Lipinski definition) is 5. The topological polar surface area (TPSA) is 77.5 Å². The van der Waals surface area contributed by atoms with Gasteiger partial charge in [-0.1, -0.05) is 13.3 Å². The second kappa shape index (κ2) is 4.80. The summed E-state index contributed by atoms with van der Waals surface area (Å²) in [5.41, 5.74) is 0. The van der Waals surface area contributed by atoms with Crippen molar-refractivity contribution in [3.8, 4) is 0 Å². The highest BCUT2D eigenvalue weighted by Gasteiger charge is 2.37. The molecule has 0 aromatic heterocycles. The van der Waals surface area contributed by atoms with Gasteiger partial charge in [-0.2, -0.15) is 8.42 Å². The normalized spacial score (nSPS) is 25.5. The Bertz CT molecular complexity index is 395. The zero-order valence-electron chi connectivity index (χ0n) is 8.68. The van der Waals surface area contributed by atoms with Crippen LogP contribution in [0.2, 0.25) is 0 Å². The van der Waals surface area contributed by atoms with E-state index in [-0.39, 0.29) is 24.5 Å². The van der Waals surface area contributed by atoms with E-state index in [1.807, 2.05) is 6.92 Å². The van der Waals surface area contributed by atoms with Gasteiger partial charge in [0.15, 0.2) is 9.84 Å². The van der Waals surface area contributed by atoms with Crippen molar-refractivity contribution in [3.05, 3.63) is 0 Å². The maximum atomic E-state index is 11.5. The Balaban J connectivity index is 2.56. The quantitative estimate of drug-likeness (QED) is 0.523. The fourth-order valence-electron chi connectivity index (χ4n) is 1.40. The van der Waals surface area contributed by atoms with Crippen LogP contribution in [0.1, 0.15) is 26.2 Å². The summed E-state index contributed by atoms with van der Waals surface area (Å²) in [6.07, 6.45) is 1.67. The van der Waals surface area contributed by atoms with Crippen molar-refractivity contribution >= 4 is 20.0 Å². The first-order chi connectivity index (χ1) is 6.87. The molecule has 5 nitrogen and oxygen atoms in total. The van der Waals surface area contributed by atoms with E-state index in [2.05, 4.69) is 0 Å². The summed E-state index contributed by atoms with van der Waals surface area (Å²) < 4.78 is 50.0. The van der Waals surface area contributed by atoms with Gasteiger partial charge in [0.25, 0.3) is 10.1 Å². The number of rotatable bonds is 5. The molecule has 90 valence electrons. The zero-order chi connectivity index (χ0) is 11.5. The van der Waals surface area contributed by atoms with E-state index in [1.54, 1.807) is 0 Å². The lowest BCUT2D eigenvalue weighted by Gasteiger charge is -2.09. The minimum Gasteiger partial charge on any atom is -0.270 e. The summed E-state index contributed by atoms with van der Waals surface area (Å²) in [5.74, 6) is -0.338. The van der Waals surface area contributed by atoms with Crippen LogP contribution >= 0.6 is 0 Å². The van der Waals surface area contributed by atoms with E-state index in [4.69, 9.17) is 4.18 Å². The summed E-state index contributed by atoms with van der Waals surface area (Å²) in [5, 5.41) is -0.862. The number of sulfone groups is 1. The molecule has 7 heteroatoms. The van der Waals surface area contributed by atoms with E-state index < -0.39 is 25.2 Å². The van der Waals surface area contributed by atoms with E-state index in [0.717, 1.165) is 6.42 Å². The van der Waals surface area contributed by atoms with Crippen molar-refractivity contribution < 1.29 is 21.0 Å². The SMILES string of the molecule is CCCCOS(=O)(=O)C1CCS(=O)(=O)C1. The maximum absolute atomic E-state index is 11.5. The first-order valence-electron chi connectivity index (χ1n) is 4.96. The highest BCUT2D eigenvalue weighted by Crippen LogP contribution is 2.20. The average Bonchev–Trinajstić information content (AvgIpc) is 2.47. The molecular weight excluding hydrogens is 240 g/mol. The van der Waals surface area contributed by atoms with Gasteiger partial charge in [-0.15, -0.1) is 0 Å². The van der Waals surface area contributed by atoms with Crippen LogP contribution in [-0.4, -0.2) is 40.2 Å². The Hall–Kier alpha value is -0.140. The Morgan fingerprint density at radius 1 is 1.40 bits per heavy atom. The van der Waals surface area contributed by atoms with Crippen molar-refractivity contribution in [2.75, 3.05) is 18.1 Å². The molecule has 15 heavy (non-hydrogen) atoms. The minimum absolute atomic E-state index is 0.0476. The molecule has 1 aliphatic rings. The van der Waals surface area contributed by atoms with Crippen molar-refractivity contribution in [2.24, 2.45) is 0 Å². The van der Waals surface area contributed by atoms with Crippen LogP contribution < -0.4 is 0 Å². The van der Waals surface area contributed by atoms with Crippen LogP contribution in [-0.2, 0) is 24.1 Å². The predicted molar refractivity (Wildman–Crippen MR) is 56.8 cm³/mol. The zero-order valence-corrected chi connectivity index (χ0v) is 10.3. The Kier molecular flexibility index (Phi) is 4.13. The predicted octanol–water partition coefficient (Wildman–Crippen LogP) is 0.320. The van der Waals surface area contributed by atoms with E-state index in [1.165, 1.54) is 0 Å². The van der Waals surface area contributed by atoms with Gasteiger partial charge in [0.1, 0.15) is 5.25 Å². The molecule has 1 rings (SSSR count). The molecule has 0 aromatic rings. The van der Waals surface area contributed by atoms with Crippen LogP contribution in [0.25, 0.3) is 0 Å². The first-order valence-corrected chi connectivity index (χ1v) is 8.25. The molecule has 1 heterocycles. The fourth-order valence-corrected chi connectivity index (χ4v) is 5.33. The van der Waals surface area contributed by atoms with Crippen LogP contribution in [0.15, 0.2) is 0 Å². The lowest BCUT2D eigenvalue weighted by Crippen LogP contribution is -2.25. The van der Waals surface area contributed by atoms with E-state index in [9.17, 15) is 16.8 Å². The van der Waals surface area contributed by atoms with Crippen molar-refractivity contribution in [3.63, 3.8) is 0 Å². The lowest BCUT2D eigenvalue weighted by molar-refractivity contribution is 0.306. The summed E-state index contributed by atoms with van der Waals surface area (Å²) in [4.78, 5) is 0. The average molecular weight is 256 g/mol. The third-order valence-corrected chi connectivity index (χ3v) is 6.04. The molecule has 0 spiro atoms. The first kappa shape index (κ1) is 12.9. The molecule has 1 saturated heterocycles. The molecule has 1 fully saturated rings. The van der Waals surface area contributed by atoms with Gasteiger partial charge in [-0.3, -0.25) is 4.18 Å². The molecule has 0 saturated carbocycles. The summed E-state index contributed by atoms with van der Waals surface area (Å²) in [6.45, 7) is 2.07. The third kappa shape index (κ3) is 3.73. The highest BCUT2D eigenvalue weighted by atomic mass is 32.2. The molecule has 0 aliphatic carbocycles. The van der Waals surface area contributed by atoms with E-state index >= 15 is 0 Å². The molecule has 0 radical (unpaired) electrons. The summed E-state index contributed by atoms with van der Waals surface area (Å²) in [7, 11) is -6.85. The van der Waals surface area contributed by atoms with Crippen molar-refractivity contribution in [1.29, 1.82) is 0 Å². The van der Waals surface area contributed by atoms with Crippen LogP contribution in [0, 0.1) is 0 Å². The van der Waals surface area contributed by atoms with Gasteiger partial charge in [0.2, 0.25) is 0 Å². The molecule has 0 amide bonds. The van der Waals surface area contributed by atoms with Crippen LogP contribution in [0.4, 0.5) is 0 Å². The van der Waals surface area contributed by atoms with Crippen LogP contribution in [0.3, 0.4) is 0 Å². The molecule has 0 aromatic carbocycles. The maximum Gasteiger partial charge on any atom is 0.271 e. The number of unbranched alkanes of at least 4 members (excludes halogenated alkanes) is 1. The largest absolute Gasteiger partial charge is 0.271 e. The van der Waals surface area contributed by atoms with Gasteiger partial charge >= 0.3 is 0 Å². The van der Waals surface area contributed by atoms with Gasteiger partial charge < -0.3 is 0 Å². The highest BCUT2D eigenvalue weighted by molar-refractivity contribution is 7.94. The number of hydrogen-bond donors (Lipinski definition) is 0. The Labute approximate surface area is 90.9 Å². The second-order valence-corrected chi connectivity index (χ2v) is 7.81. The van der Waals surface area contributed by atoms with Crippen molar-refractivity contribution in [2.45, 2.75) is 31.4 Å². The molecular formula is C8H16O5S2. The second-order valence-electron chi connectivity index (χ2n) is 3.69. The molecule has 0 N–H and O–H groups in total. The van der Waals surface area contributed by atoms with Gasteiger partial charge in [-0.25, -0.2) is 8.42 Å². The van der Waals surface area contributed by atoms with E-state index in [0.29, 0.717) is 6.42 Å². The van der Waals surface area contributed by atoms with Gasteiger partial charge in [0, 0.05) is 0 Å². The molecule has 1 aliphatic heterocycles. The molecule has 0 bridgehead atoms. The van der Waals surface area contributed by atoms with Crippen LogP contribution in [0.5, 0.6) is 0 Å². The Morgan fingerprint density at radius 2 is 2.07 bits per heavy atom. The molecule has 1 atom stereocenters. The molecule has 1 unspecified atom stereocenters.